The molecule has 1 heterocycles. The van der Waals surface area contributed by atoms with Crippen LogP contribution in [0.1, 0.15) is 41.8 Å². The molecule has 0 radical (unpaired) electrons. The van der Waals surface area contributed by atoms with Crippen LogP contribution in [-0.2, 0) is 4.74 Å². The molecule has 0 saturated carbocycles. The highest BCUT2D eigenvalue weighted by Crippen LogP contribution is 2.22. The highest BCUT2D eigenvalue weighted by atomic mass is 16.5. The number of hydrogen-bond donors (Lipinski definition) is 1. The Labute approximate surface area is 167 Å². The Morgan fingerprint density at radius 2 is 1.93 bits per heavy atom. The second kappa shape index (κ2) is 10.8. The van der Waals surface area contributed by atoms with E-state index in [9.17, 15) is 4.79 Å². The quantitative estimate of drug-likeness (QED) is 0.673. The first-order valence-corrected chi connectivity index (χ1v) is 10.2. The molecule has 1 unspecified atom stereocenters. The normalized spacial score (nSPS) is 17.2. The number of rotatable bonds is 9. The molecule has 0 aliphatic carbocycles. The van der Waals surface area contributed by atoms with E-state index in [2.05, 4.69) is 34.5 Å². The van der Waals surface area contributed by atoms with E-state index in [1.54, 1.807) is 12.1 Å². The average Bonchev–Trinajstić information content (AvgIpc) is 2.75. The van der Waals surface area contributed by atoms with E-state index in [1.165, 1.54) is 5.56 Å². The van der Waals surface area contributed by atoms with Crippen molar-refractivity contribution in [1.29, 1.82) is 0 Å². The first-order valence-electron chi connectivity index (χ1n) is 10.2. The van der Waals surface area contributed by atoms with Crippen molar-refractivity contribution in [1.82, 2.24) is 10.2 Å². The van der Waals surface area contributed by atoms with Crippen molar-refractivity contribution >= 4 is 5.91 Å². The fourth-order valence-corrected chi connectivity index (χ4v) is 3.41. The number of carbonyl (C=O) groups is 1. The third-order valence-corrected chi connectivity index (χ3v) is 4.94. The van der Waals surface area contributed by atoms with Gasteiger partial charge in [0.1, 0.15) is 5.75 Å². The molecule has 1 fully saturated rings. The Kier molecular flexibility index (Phi) is 7.88. The van der Waals surface area contributed by atoms with Gasteiger partial charge in [-0.25, -0.2) is 0 Å². The number of carbonyl (C=O) groups excluding carboxylic acids is 1. The van der Waals surface area contributed by atoms with Crippen molar-refractivity contribution in [2.45, 2.75) is 25.9 Å². The Hall–Kier alpha value is -2.37. The molecule has 150 valence electrons. The molecule has 1 atom stereocenters. The third kappa shape index (κ3) is 6.08. The Bertz CT molecular complexity index is 718. The Balaban J connectivity index is 1.33. The zero-order valence-electron chi connectivity index (χ0n) is 16.6. The van der Waals surface area contributed by atoms with Crippen molar-refractivity contribution in [3.8, 4) is 5.75 Å². The molecule has 5 nitrogen and oxygen atoms in total. The van der Waals surface area contributed by atoms with Gasteiger partial charge in [-0.3, -0.25) is 9.69 Å². The molecule has 5 heteroatoms. The summed E-state index contributed by atoms with van der Waals surface area (Å²) >= 11 is 0. The number of morpholine rings is 1. The maximum absolute atomic E-state index is 12.2. The summed E-state index contributed by atoms with van der Waals surface area (Å²) in [5.74, 6) is 0.761. The molecule has 1 amide bonds. The smallest absolute Gasteiger partial charge is 0.251 e. The van der Waals surface area contributed by atoms with Gasteiger partial charge in [0.15, 0.2) is 0 Å². The summed E-state index contributed by atoms with van der Waals surface area (Å²) < 4.78 is 11.3. The summed E-state index contributed by atoms with van der Waals surface area (Å²) in [4.78, 5) is 14.7. The zero-order chi connectivity index (χ0) is 19.6. The minimum Gasteiger partial charge on any atom is -0.494 e. The SMILES string of the molecule is CCOc1ccc(C(=O)NCCCCN2CCOC(c3ccccc3)C2)cc1. The van der Waals surface area contributed by atoms with Crippen LogP contribution in [0.15, 0.2) is 54.6 Å². The molecule has 1 N–H and O–H groups in total. The molecular formula is C23H30N2O3. The van der Waals surface area contributed by atoms with Crippen LogP contribution in [0.2, 0.25) is 0 Å². The van der Waals surface area contributed by atoms with Gasteiger partial charge in [0.2, 0.25) is 0 Å². The molecule has 2 aromatic carbocycles. The molecular weight excluding hydrogens is 352 g/mol. The monoisotopic (exact) mass is 382 g/mol. The fourth-order valence-electron chi connectivity index (χ4n) is 3.41. The van der Waals surface area contributed by atoms with Gasteiger partial charge in [0.05, 0.1) is 19.3 Å². The number of nitrogens with zero attached hydrogens (tertiary/aromatic N) is 1. The zero-order valence-corrected chi connectivity index (χ0v) is 16.6. The van der Waals surface area contributed by atoms with E-state index < -0.39 is 0 Å². The first kappa shape index (κ1) is 20.4. The van der Waals surface area contributed by atoms with Crippen LogP contribution in [0.4, 0.5) is 0 Å². The lowest BCUT2D eigenvalue weighted by atomic mass is 10.1. The van der Waals surface area contributed by atoms with Gasteiger partial charge in [-0.05, 0) is 56.1 Å². The van der Waals surface area contributed by atoms with Gasteiger partial charge >= 0.3 is 0 Å². The lowest BCUT2D eigenvalue weighted by Crippen LogP contribution is -2.39. The van der Waals surface area contributed by atoms with Gasteiger partial charge in [-0.1, -0.05) is 30.3 Å². The molecule has 28 heavy (non-hydrogen) atoms. The standard InChI is InChI=1S/C23H30N2O3/c1-2-27-21-12-10-20(11-13-21)23(26)24-14-6-7-15-25-16-17-28-22(18-25)19-8-4-3-5-9-19/h3-5,8-13,22H,2,6-7,14-18H2,1H3,(H,24,26). The van der Waals surface area contributed by atoms with Crippen LogP contribution in [0.3, 0.4) is 0 Å². The summed E-state index contributed by atoms with van der Waals surface area (Å²) in [6.07, 6.45) is 2.19. The van der Waals surface area contributed by atoms with Crippen LogP contribution in [0.25, 0.3) is 0 Å². The van der Waals surface area contributed by atoms with Crippen molar-refractivity contribution in [2.75, 3.05) is 39.4 Å². The van der Waals surface area contributed by atoms with Gasteiger partial charge in [-0.2, -0.15) is 0 Å². The topological polar surface area (TPSA) is 50.8 Å². The molecule has 0 aromatic heterocycles. The maximum atomic E-state index is 12.2. The van der Waals surface area contributed by atoms with Crippen LogP contribution in [-0.4, -0.2) is 50.2 Å². The minimum atomic E-state index is -0.0291. The molecule has 1 saturated heterocycles. The van der Waals surface area contributed by atoms with E-state index in [4.69, 9.17) is 9.47 Å². The number of amides is 1. The van der Waals surface area contributed by atoms with Crippen molar-refractivity contribution in [3.63, 3.8) is 0 Å². The van der Waals surface area contributed by atoms with Gasteiger partial charge in [0.25, 0.3) is 5.91 Å². The van der Waals surface area contributed by atoms with Crippen LogP contribution < -0.4 is 10.1 Å². The van der Waals surface area contributed by atoms with E-state index in [-0.39, 0.29) is 12.0 Å². The van der Waals surface area contributed by atoms with E-state index >= 15 is 0 Å². The molecule has 0 bridgehead atoms. The lowest BCUT2D eigenvalue weighted by Gasteiger charge is -2.33. The molecule has 1 aliphatic heterocycles. The average molecular weight is 383 g/mol. The van der Waals surface area contributed by atoms with Crippen LogP contribution >= 0.6 is 0 Å². The number of unbranched alkanes of at least 4 members (excludes halogenated alkanes) is 1. The van der Waals surface area contributed by atoms with Crippen LogP contribution in [0.5, 0.6) is 5.75 Å². The van der Waals surface area contributed by atoms with E-state index in [0.29, 0.717) is 18.7 Å². The molecule has 3 rings (SSSR count). The fraction of sp³-hybridized carbons (Fsp3) is 0.435. The van der Waals surface area contributed by atoms with E-state index in [0.717, 1.165) is 44.8 Å². The number of nitrogens with one attached hydrogen (secondary N) is 1. The predicted octanol–water partition coefficient (Wildman–Crippen LogP) is 3.67. The van der Waals surface area contributed by atoms with Crippen LogP contribution in [0, 0.1) is 0 Å². The summed E-state index contributed by atoms with van der Waals surface area (Å²) in [7, 11) is 0. The van der Waals surface area contributed by atoms with Gasteiger partial charge in [0, 0.05) is 25.2 Å². The Morgan fingerprint density at radius 1 is 1.14 bits per heavy atom. The second-order valence-electron chi connectivity index (χ2n) is 6.99. The minimum absolute atomic E-state index is 0.0291. The highest BCUT2D eigenvalue weighted by Gasteiger charge is 2.21. The number of hydrogen-bond acceptors (Lipinski definition) is 4. The molecule has 0 spiro atoms. The first-order chi connectivity index (χ1) is 13.8. The third-order valence-electron chi connectivity index (χ3n) is 4.94. The summed E-state index contributed by atoms with van der Waals surface area (Å²) in [6.45, 7) is 6.97. The highest BCUT2D eigenvalue weighted by molar-refractivity contribution is 5.94. The van der Waals surface area contributed by atoms with E-state index in [1.807, 2.05) is 25.1 Å². The largest absolute Gasteiger partial charge is 0.494 e. The van der Waals surface area contributed by atoms with Gasteiger partial charge in [-0.15, -0.1) is 0 Å². The van der Waals surface area contributed by atoms with Crippen molar-refractivity contribution in [2.24, 2.45) is 0 Å². The molecule has 1 aliphatic rings. The summed E-state index contributed by atoms with van der Waals surface area (Å²) in [6, 6.07) is 17.7. The maximum Gasteiger partial charge on any atom is 0.251 e. The number of ether oxygens (including phenoxy) is 2. The summed E-state index contributed by atoms with van der Waals surface area (Å²) in [5.41, 5.74) is 1.91. The molecule has 2 aromatic rings. The lowest BCUT2D eigenvalue weighted by molar-refractivity contribution is -0.0303. The van der Waals surface area contributed by atoms with Crippen molar-refractivity contribution in [3.05, 3.63) is 65.7 Å². The number of benzene rings is 2. The predicted molar refractivity (Wildman–Crippen MR) is 111 cm³/mol. The van der Waals surface area contributed by atoms with Crippen molar-refractivity contribution < 1.29 is 14.3 Å². The summed E-state index contributed by atoms with van der Waals surface area (Å²) in [5, 5.41) is 3.00. The van der Waals surface area contributed by atoms with Gasteiger partial charge < -0.3 is 14.8 Å². The Morgan fingerprint density at radius 3 is 2.68 bits per heavy atom. The second-order valence-corrected chi connectivity index (χ2v) is 6.99.